The number of hydrogen-bond acceptors (Lipinski definition) is 6. The number of benzene rings is 1. The van der Waals surface area contributed by atoms with Gasteiger partial charge < -0.3 is 26.2 Å². The Kier molecular flexibility index (Phi) is 10.9. The van der Waals surface area contributed by atoms with E-state index in [4.69, 9.17) is 15.6 Å². The van der Waals surface area contributed by atoms with Crippen LogP contribution in [0.25, 0.3) is 0 Å². The Bertz CT molecular complexity index is 848. The van der Waals surface area contributed by atoms with Gasteiger partial charge in [-0.3, -0.25) is 9.89 Å². The molecule has 6 N–H and O–H groups in total. The highest BCUT2D eigenvalue weighted by Crippen LogP contribution is 2.23. The van der Waals surface area contributed by atoms with Crippen LogP contribution in [0.15, 0.2) is 36.5 Å². The van der Waals surface area contributed by atoms with Crippen molar-refractivity contribution in [3.8, 4) is 0 Å². The molecule has 2 rings (SSSR count). The molecule has 2 aromatic rings. The molecule has 0 saturated heterocycles. The molecule has 9 nitrogen and oxygen atoms in total. The lowest BCUT2D eigenvalue weighted by molar-refractivity contribution is -0.126. The SMILES string of the molecule is CC(C)(N)C(=O)N[C@@H](CCCc1ccccc1)c1n[nH]cc1CCOC(=O)NCCCCO. The summed E-state index contributed by atoms with van der Waals surface area (Å²) < 4.78 is 5.24. The third-order valence-electron chi connectivity index (χ3n) is 5.23. The maximum Gasteiger partial charge on any atom is 0.407 e. The highest BCUT2D eigenvalue weighted by molar-refractivity contribution is 5.85. The zero-order valence-electron chi connectivity index (χ0n) is 19.6. The van der Waals surface area contributed by atoms with Crippen molar-refractivity contribution in [1.82, 2.24) is 20.8 Å². The summed E-state index contributed by atoms with van der Waals surface area (Å²) in [6.45, 7) is 4.08. The zero-order valence-corrected chi connectivity index (χ0v) is 19.6. The summed E-state index contributed by atoms with van der Waals surface area (Å²) in [4.78, 5) is 24.4. The molecule has 1 atom stereocenters. The van der Waals surface area contributed by atoms with E-state index in [0.29, 0.717) is 32.2 Å². The van der Waals surface area contributed by atoms with Crippen LogP contribution in [0.5, 0.6) is 0 Å². The number of amides is 2. The number of aryl methyl sites for hydroxylation is 1. The van der Waals surface area contributed by atoms with Crippen LogP contribution in [0.4, 0.5) is 4.79 Å². The van der Waals surface area contributed by atoms with E-state index in [1.54, 1.807) is 20.0 Å². The third kappa shape index (κ3) is 9.63. The molecule has 33 heavy (non-hydrogen) atoms. The first-order valence-corrected chi connectivity index (χ1v) is 11.5. The quantitative estimate of drug-likeness (QED) is 0.275. The van der Waals surface area contributed by atoms with Gasteiger partial charge in [0.05, 0.1) is 23.9 Å². The number of rotatable bonds is 14. The molecule has 0 aliphatic heterocycles. The molecule has 0 spiro atoms. The number of aromatic nitrogens is 2. The standard InChI is InChI=1S/C24H37N5O4/c1-24(2,25)22(31)28-20(12-8-11-18-9-4-3-5-10-18)21-19(17-27-29-21)13-16-33-23(32)26-14-6-7-15-30/h3-5,9-10,17,20,30H,6-8,11-16,25H2,1-2H3,(H,26,32)(H,27,29)(H,28,31)/t20-/m0/s1. The normalized spacial score (nSPS) is 12.2. The molecule has 0 saturated carbocycles. The van der Waals surface area contributed by atoms with Gasteiger partial charge in [-0.05, 0) is 57.1 Å². The maximum atomic E-state index is 12.6. The Morgan fingerprint density at radius 1 is 1.18 bits per heavy atom. The van der Waals surface area contributed by atoms with Crippen LogP contribution in [-0.4, -0.2) is 52.6 Å². The molecule has 0 bridgehead atoms. The minimum atomic E-state index is -1.01. The van der Waals surface area contributed by atoms with E-state index in [2.05, 4.69) is 33.0 Å². The first-order valence-electron chi connectivity index (χ1n) is 11.5. The Balaban J connectivity index is 1.96. The Morgan fingerprint density at radius 3 is 2.64 bits per heavy atom. The molecule has 9 heteroatoms. The highest BCUT2D eigenvalue weighted by atomic mass is 16.5. The molecule has 0 fully saturated rings. The van der Waals surface area contributed by atoms with Crippen LogP contribution in [0.3, 0.4) is 0 Å². The van der Waals surface area contributed by atoms with Crippen molar-refractivity contribution in [3.63, 3.8) is 0 Å². The van der Waals surface area contributed by atoms with Crippen molar-refractivity contribution in [2.75, 3.05) is 19.8 Å². The molecule has 0 aliphatic carbocycles. The van der Waals surface area contributed by atoms with Gasteiger partial charge >= 0.3 is 6.09 Å². The van der Waals surface area contributed by atoms with Crippen molar-refractivity contribution in [1.29, 1.82) is 0 Å². The topological polar surface area (TPSA) is 142 Å². The molecule has 0 radical (unpaired) electrons. The number of hydrogen-bond donors (Lipinski definition) is 5. The minimum Gasteiger partial charge on any atom is -0.449 e. The van der Waals surface area contributed by atoms with Crippen LogP contribution >= 0.6 is 0 Å². The van der Waals surface area contributed by atoms with Crippen molar-refractivity contribution < 1.29 is 19.4 Å². The first kappa shape index (κ1) is 26.3. The van der Waals surface area contributed by atoms with Crippen LogP contribution in [0, 0.1) is 0 Å². The predicted octanol–water partition coefficient (Wildman–Crippen LogP) is 2.37. The fraction of sp³-hybridized carbons (Fsp3) is 0.542. The fourth-order valence-electron chi connectivity index (χ4n) is 3.34. The summed E-state index contributed by atoms with van der Waals surface area (Å²) in [5.74, 6) is -0.250. The number of ether oxygens (including phenoxy) is 1. The van der Waals surface area contributed by atoms with Crippen molar-refractivity contribution in [2.45, 2.75) is 64.0 Å². The second-order valence-electron chi connectivity index (χ2n) is 8.66. The Morgan fingerprint density at radius 2 is 1.94 bits per heavy atom. The molecular weight excluding hydrogens is 422 g/mol. The number of nitrogens with one attached hydrogen (secondary N) is 3. The molecule has 0 aliphatic rings. The van der Waals surface area contributed by atoms with Gasteiger partial charge in [0.25, 0.3) is 0 Å². The van der Waals surface area contributed by atoms with Gasteiger partial charge in [0.1, 0.15) is 0 Å². The molecule has 1 aromatic carbocycles. The lowest BCUT2D eigenvalue weighted by atomic mass is 9.98. The smallest absolute Gasteiger partial charge is 0.407 e. The third-order valence-corrected chi connectivity index (χ3v) is 5.23. The number of aliphatic hydroxyl groups is 1. The number of alkyl carbamates (subject to hydrolysis) is 1. The van der Waals surface area contributed by atoms with Crippen LogP contribution in [0.1, 0.15) is 62.4 Å². The van der Waals surface area contributed by atoms with Crippen LogP contribution in [-0.2, 0) is 22.4 Å². The van der Waals surface area contributed by atoms with Crippen molar-refractivity contribution >= 4 is 12.0 Å². The molecule has 2 amide bonds. The lowest BCUT2D eigenvalue weighted by Crippen LogP contribution is -2.50. The van der Waals surface area contributed by atoms with Crippen LogP contribution < -0.4 is 16.4 Å². The second kappa shape index (κ2) is 13.6. The van der Waals surface area contributed by atoms with Gasteiger partial charge in [-0.25, -0.2) is 4.79 Å². The molecule has 1 heterocycles. The Labute approximate surface area is 195 Å². The number of carbonyl (C=O) groups excluding carboxylic acids is 2. The van der Waals surface area contributed by atoms with Gasteiger partial charge in [0.2, 0.25) is 5.91 Å². The minimum absolute atomic E-state index is 0.102. The molecule has 1 aromatic heterocycles. The maximum absolute atomic E-state index is 12.6. The van der Waals surface area contributed by atoms with E-state index in [-0.39, 0.29) is 25.2 Å². The average Bonchev–Trinajstić information content (AvgIpc) is 3.24. The molecular formula is C24H37N5O4. The fourth-order valence-corrected chi connectivity index (χ4v) is 3.34. The molecule has 0 unspecified atom stereocenters. The van der Waals surface area contributed by atoms with Gasteiger partial charge in [0, 0.05) is 25.8 Å². The van der Waals surface area contributed by atoms with E-state index in [1.807, 2.05) is 18.2 Å². The lowest BCUT2D eigenvalue weighted by Gasteiger charge is -2.24. The van der Waals surface area contributed by atoms with E-state index in [9.17, 15) is 9.59 Å². The number of aliphatic hydroxyl groups excluding tert-OH is 1. The Hall–Kier alpha value is -2.91. The predicted molar refractivity (Wildman–Crippen MR) is 126 cm³/mol. The zero-order chi connectivity index (χ0) is 24.1. The summed E-state index contributed by atoms with van der Waals surface area (Å²) in [5.41, 5.74) is 7.83. The summed E-state index contributed by atoms with van der Waals surface area (Å²) in [6, 6.07) is 9.88. The number of nitrogens with zero attached hydrogens (tertiary/aromatic N) is 1. The van der Waals surface area contributed by atoms with Crippen LogP contribution in [0.2, 0.25) is 0 Å². The van der Waals surface area contributed by atoms with Gasteiger partial charge in [0.15, 0.2) is 0 Å². The van der Waals surface area contributed by atoms with E-state index in [0.717, 1.165) is 24.1 Å². The summed E-state index contributed by atoms with van der Waals surface area (Å²) in [6.07, 6.45) is 5.51. The van der Waals surface area contributed by atoms with Gasteiger partial charge in [-0.1, -0.05) is 30.3 Å². The average molecular weight is 460 g/mol. The number of unbranched alkanes of at least 4 members (excludes halogenated alkanes) is 1. The largest absolute Gasteiger partial charge is 0.449 e. The highest BCUT2D eigenvalue weighted by Gasteiger charge is 2.27. The summed E-state index contributed by atoms with van der Waals surface area (Å²) in [7, 11) is 0. The number of H-pyrrole nitrogens is 1. The number of carbonyl (C=O) groups is 2. The van der Waals surface area contributed by atoms with E-state index >= 15 is 0 Å². The van der Waals surface area contributed by atoms with Crippen molar-refractivity contribution in [2.24, 2.45) is 5.73 Å². The van der Waals surface area contributed by atoms with E-state index < -0.39 is 11.6 Å². The van der Waals surface area contributed by atoms with Gasteiger partial charge in [-0.15, -0.1) is 0 Å². The molecule has 182 valence electrons. The summed E-state index contributed by atoms with van der Waals surface area (Å²) >= 11 is 0. The second-order valence-corrected chi connectivity index (χ2v) is 8.66. The van der Waals surface area contributed by atoms with Gasteiger partial charge in [-0.2, -0.15) is 5.10 Å². The first-order chi connectivity index (χ1) is 15.8. The van der Waals surface area contributed by atoms with Crippen molar-refractivity contribution in [3.05, 3.63) is 53.3 Å². The summed E-state index contributed by atoms with van der Waals surface area (Å²) in [5, 5.41) is 21.7. The number of aromatic amines is 1. The number of nitrogens with two attached hydrogens (primary N) is 1. The monoisotopic (exact) mass is 459 g/mol. The van der Waals surface area contributed by atoms with E-state index in [1.165, 1.54) is 5.56 Å².